The monoisotopic (exact) mass is 700 g/mol. The van der Waals surface area contributed by atoms with Crippen LogP contribution in [0.15, 0.2) is 60.7 Å². The largest absolute Gasteiger partial charge is 0.478 e. The average Bonchev–Trinajstić information content (AvgIpc) is 2.94. The van der Waals surface area contributed by atoms with Crippen LogP contribution in [0.25, 0.3) is 0 Å². The van der Waals surface area contributed by atoms with Crippen LogP contribution < -0.4 is 10.8 Å². The lowest BCUT2D eigenvalue weighted by atomic mass is 9.93. The Morgan fingerprint density at radius 1 is 0.628 bits per heavy atom. The zero-order chi connectivity index (χ0) is 31.6. The number of carbonyl (C=O) groups is 3. The van der Waals surface area contributed by atoms with E-state index in [1.54, 1.807) is 36.4 Å². The van der Waals surface area contributed by atoms with Gasteiger partial charge in [0.1, 0.15) is 0 Å². The minimum Gasteiger partial charge on any atom is -0.478 e. The Bertz CT molecular complexity index is 1780. The van der Waals surface area contributed by atoms with Crippen LogP contribution in [0.2, 0.25) is 30.1 Å². The standard InChI is InChI=1S/C29H18Cl6N2O6/c30-15-4-6-17(32)24(28(39)40)22(15)26(37-43)14-3-1-12(10-19(14)34)9-13-2-8-21(20(35)11-13)36-27(38)23-16(31)5-7-18(33)25(23)29(41)42/h1-8,10-11,26,37,43H,9H2,(H,36,38)(H,39,40)(H,41,42). The van der Waals surface area contributed by atoms with E-state index in [2.05, 4.69) is 10.8 Å². The normalized spacial score (nSPS) is 11.7. The molecule has 0 aliphatic carbocycles. The zero-order valence-corrected chi connectivity index (χ0v) is 25.9. The van der Waals surface area contributed by atoms with Crippen LogP contribution in [0.5, 0.6) is 0 Å². The van der Waals surface area contributed by atoms with Crippen molar-refractivity contribution in [3.8, 4) is 0 Å². The number of amides is 1. The predicted octanol–water partition coefficient (Wildman–Crippen LogP) is 8.91. The maximum Gasteiger partial charge on any atom is 0.338 e. The number of carbonyl (C=O) groups excluding carboxylic acids is 1. The molecule has 0 bridgehead atoms. The van der Waals surface area contributed by atoms with Gasteiger partial charge in [-0.25, -0.2) is 9.59 Å². The first-order chi connectivity index (χ1) is 20.3. The van der Waals surface area contributed by atoms with Gasteiger partial charge in [-0.1, -0.05) is 87.8 Å². The number of carboxylic acids is 2. The summed E-state index contributed by atoms with van der Waals surface area (Å²) in [6, 6.07) is 14.1. The van der Waals surface area contributed by atoms with Crippen molar-refractivity contribution >= 4 is 93.1 Å². The molecule has 0 radical (unpaired) electrons. The summed E-state index contributed by atoms with van der Waals surface area (Å²) in [6.45, 7) is 0. The number of rotatable bonds is 9. The Morgan fingerprint density at radius 3 is 1.67 bits per heavy atom. The molecule has 0 aliphatic heterocycles. The molecule has 0 saturated heterocycles. The van der Waals surface area contributed by atoms with E-state index in [4.69, 9.17) is 69.6 Å². The highest BCUT2D eigenvalue weighted by molar-refractivity contribution is 6.40. The first-order valence-electron chi connectivity index (χ1n) is 12.0. The molecule has 0 heterocycles. The van der Waals surface area contributed by atoms with Crippen LogP contribution in [-0.4, -0.2) is 33.3 Å². The molecular formula is C29H18Cl6N2O6. The van der Waals surface area contributed by atoms with Gasteiger partial charge in [0, 0.05) is 15.6 Å². The number of carboxylic acid groups (broad SMARTS) is 2. The second-order valence-corrected chi connectivity index (χ2v) is 11.5. The third-order valence-corrected chi connectivity index (χ3v) is 8.30. The van der Waals surface area contributed by atoms with Gasteiger partial charge in [-0.15, -0.1) is 0 Å². The molecular weight excluding hydrogens is 685 g/mol. The number of aromatic carboxylic acids is 2. The Hall–Kier alpha value is -3.05. The fourth-order valence-corrected chi connectivity index (χ4v) is 6.00. The average molecular weight is 703 g/mol. The van der Waals surface area contributed by atoms with Crippen LogP contribution in [0.1, 0.15) is 59.4 Å². The molecule has 4 rings (SSSR count). The summed E-state index contributed by atoms with van der Waals surface area (Å²) >= 11 is 37.5. The molecule has 1 atom stereocenters. The van der Waals surface area contributed by atoms with E-state index in [9.17, 15) is 29.8 Å². The second-order valence-electron chi connectivity index (χ2n) is 9.07. The van der Waals surface area contributed by atoms with Gasteiger partial charge < -0.3 is 20.7 Å². The second kappa shape index (κ2) is 13.7. The number of hydroxylamine groups is 1. The molecule has 43 heavy (non-hydrogen) atoms. The lowest BCUT2D eigenvalue weighted by molar-refractivity contribution is 0.0682. The Balaban J connectivity index is 1.58. The van der Waals surface area contributed by atoms with Crippen molar-refractivity contribution in [2.75, 3.05) is 5.32 Å². The van der Waals surface area contributed by atoms with Gasteiger partial charge in [0.2, 0.25) is 0 Å². The summed E-state index contributed by atoms with van der Waals surface area (Å²) in [5, 5.41) is 31.9. The van der Waals surface area contributed by atoms with E-state index in [1.165, 1.54) is 24.3 Å². The fraction of sp³-hybridized carbons (Fsp3) is 0.0690. The van der Waals surface area contributed by atoms with Gasteiger partial charge in [-0.2, -0.15) is 5.48 Å². The van der Waals surface area contributed by atoms with Gasteiger partial charge in [-0.3, -0.25) is 4.79 Å². The number of halogens is 6. The number of benzene rings is 4. The number of hydrogen-bond donors (Lipinski definition) is 5. The van der Waals surface area contributed by atoms with E-state index in [0.717, 1.165) is 11.1 Å². The Kier molecular flexibility index (Phi) is 10.5. The van der Waals surface area contributed by atoms with Crippen LogP contribution in [0.4, 0.5) is 5.69 Å². The van der Waals surface area contributed by atoms with Gasteiger partial charge in [0.05, 0.1) is 48.5 Å². The van der Waals surface area contributed by atoms with E-state index in [-0.39, 0.29) is 52.5 Å². The molecule has 0 aromatic heterocycles. The van der Waals surface area contributed by atoms with Crippen molar-refractivity contribution in [2.45, 2.75) is 12.5 Å². The highest BCUT2D eigenvalue weighted by atomic mass is 35.5. The Morgan fingerprint density at radius 2 is 1.14 bits per heavy atom. The molecule has 14 heteroatoms. The van der Waals surface area contributed by atoms with Gasteiger partial charge in [-0.05, 0) is 65.6 Å². The van der Waals surface area contributed by atoms with Crippen molar-refractivity contribution < 1.29 is 29.8 Å². The summed E-state index contributed by atoms with van der Waals surface area (Å²) in [5.41, 5.74) is 3.13. The summed E-state index contributed by atoms with van der Waals surface area (Å²) in [4.78, 5) is 36.5. The molecule has 8 nitrogen and oxygen atoms in total. The van der Waals surface area contributed by atoms with E-state index in [1.807, 2.05) is 0 Å². The quantitative estimate of drug-likeness (QED) is 0.110. The molecule has 5 N–H and O–H groups in total. The third kappa shape index (κ3) is 7.03. The predicted molar refractivity (Wildman–Crippen MR) is 167 cm³/mol. The first kappa shape index (κ1) is 32.9. The molecule has 4 aromatic rings. The maximum absolute atomic E-state index is 12.9. The molecule has 0 saturated carbocycles. The summed E-state index contributed by atoms with van der Waals surface area (Å²) in [5.74, 6) is -3.55. The van der Waals surface area contributed by atoms with Crippen molar-refractivity contribution in [3.63, 3.8) is 0 Å². The minimum absolute atomic E-state index is 0.0396. The highest BCUT2D eigenvalue weighted by Gasteiger charge is 2.28. The molecule has 0 fully saturated rings. The van der Waals surface area contributed by atoms with Crippen molar-refractivity contribution in [2.24, 2.45) is 0 Å². The molecule has 1 unspecified atom stereocenters. The van der Waals surface area contributed by atoms with Crippen LogP contribution in [-0.2, 0) is 6.42 Å². The summed E-state index contributed by atoms with van der Waals surface area (Å²) in [6.07, 6.45) is 0.354. The van der Waals surface area contributed by atoms with Crippen molar-refractivity contribution in [1.82, 2.24) is 5.48 Å². The maximum atomic E-state index is 12.9. The lowest BCUT2D eigenvalue weighted by Gasteiger charge is -2.22. The first-order valence-corrected chi connectivity index (χ1v) is 14.3. The highest BCUT2D eigenvalue weighted by Crippen LogP contribution is 2.38. The lowest BCUT2D eigenvalue weighted by Crippen LogP contribution is -2.22. The number of nitrogens with one attached hydrogen (secondary N) is 2. The SMILES string of the molecule is O=C(O)c1c(Cl)ccc(Cl)c1C(=O)Nc1ccc(Cc2ccc(C(NO)c3c(Cl)ccc(Cl)c3C(=O)O)c(Cl)c2)cc1Cl. The Labute approximate surface area is 274 Å². The van der Waals surface area contributed by atoms with Crippen LogP contribution in [0.3, 0.4) is 0 Å². The number of hydrogen-bond acceptors (Lipinski definition) is 5. The third-order valence-electron chi connectivity index (χ3n) is 6.38. The number of anilines is 1. The van der Waals surface area contributed by atoms with E-state index >= 15 is 0 Å². The van der Waals surface area contributed by atoms with Crippen LogP contribution >= 0.6 is 69.6 Å². The molecule has 1 amide bonds. The van der Waals surface area contributed by atoms with Crippen LogP contribution in [0, 0.1) is 0 Å². The minimum atomic E-state index is -1.41. The molecule has 0 spiro atoms. The summed E-state index contributed by atoms with van der Waals surface area (Å²) < 4.78 is 0. The smallest absolute Gasteiger partial charge is 0.338 e. The van der Waals surface area contributed by atoms with Crippen molar-refractivity contribution in [3.05, 3.63) is 130 Å². The van der Waals surface area contributed by atoms with Gasteiger partial charge >= 0.3 is 11.9 Å². The van der Waals surface area contributed by atoms with Crippen molar-refractivity contribution in [1.29, 1.82) is 0 Å². The fourth-order valence-electron chi connectivity index (χ4n) is 4.44. The van der Waals surface area contributed by atoms with E-state index < -0.39 is 29.5 Å². The topological polar surface area (TPSA) is 136 Å². The van der Waals surface area contributed by atoms with Gasteiger partial charge in [0.15, 0.2) is 0 Å². The molecule has 0 aliphatic rings. The zero-order valence-electron chi connectivity index (χ0n) is 21.4. The van der Waals surface area contributed by atoms with Gasteiger partial charge in [0.25, 0.3) is 5.91 Å². The molecule has 222 valence electrons. The summed E-state index contributed by atoms with van der Waals surface area (Å²) in [7, 11) is 0. The van der Waals surface area contributed by atoms with E-state index in [0.29, 0.717) is 12.0 Å². The molecule has 4 aromatic carbocycles.